The number of esters is 1. The molecule has 1 N–H and O–H groups in total. The van der Waals surface area contributed by atoms with Gasteiger partial charge in [-0.15, -0.1) is 0 Å². The Morgan fingerprint density at radius 1 is 1.08 bits per heavy atom. The molecule has 0 fully saturated rings. The van der Waals surface area contributed by atoms with Gasteiger partial charge >= 0.3 is 5.97 Å². The van der Waals surface area contributed by atoms with Crippen LogP contribution in [0.25, 0.3) is 0 Å². The number of non-ortho nitro benzene ring substituents is 1. The van der Waals surface area contributed by atoms with Crippen molar-refractivity contribution in [2.75, 3.05) is 20.3 Å². The predicted molar refractivity (Wildman–Crippen MR) is 93.1 cm³/mol. The third-order valence-electron chi connectivity index (χ3n) is 3.54. The number of rotatable bonds is 8. The van der Waals surface area contributed by atoms with Gasteiger partial charge in [-0.25, -0.2) is 4.79 Å². The minimum absolute atomic E-state index is 0.127. The average molecular weight is 358 g/mol. The maximum Gasteiger partial charge on any atom is 0.338 e. The summed E-state index contributed by atoms with van der Waals surface area (Å²) >= 11 is 0. The molecule has 0 saturated carbocycles. The van der Waals surface area contributed by atoms with E-state index in [4.69, 9.17) is 9.47 Å². The lowest BCUT2D eigenvalue weighted by Gasteiger charge is -2.07. The van der Waals surface area contributed by atoms with E-state index in [0.29, 0.717) is 13.0 Å². The van der Waals surface area contributed by atoms with Crippen LogP contribution < -0.4 is 10.1 Å². The van der Waals surface area contributed by atoms with Crippen molar-refractivity contribution in [3.8, 4) is 5.75 Å². The Morgan fingerprint density at radius 2 is 1.73 bits per heavy atom. The number of nitro benzene ring substituents is 1. The Bertz CT molecular complexity index is 771. The molecule has 1 amide bonds. The van der Waals surface area contributed by atoms with E-state index in [1.807, 2.05) is 24.3 Å². The van der Waals surface area contributed by atoms with Gasteiger partial charge in [0.05, 0.1) is 17.6 Å². The third-order valence-corrected chi connectivity index (χ3v) is 3.54. The minimum atomic E-state index is -0.717. The van der Waals surface area contributed by atoms with Crippen molar-refractivity contribution in [2.45, 2.75) is 6.42 Å². The fourth-order valence-corrected chi connectivity index (χ4v) is 2.12. The molecule has 0 aliphatic carbocycles. The molecule has 0 saturated heterocycles. The highest BCUT2D eigenvalue weighted by Gasteiger charge is 2.12. The summed E-state index contributed by atoms with van der Waals surface area (Å²) in [7, 11) is 1.59. The highest BCUT2D eigenvalue weighted by atomic mass is 16.6. The summed E-state index contributed by atoms with van der Waals surface area (Å²) in [5, 5.41) is 13.2. The number of ether oxygens (including phenoxy) is 2. The highest BCUT2D eigenvalue weighted by Crippen LogP contribution is 2.13. The molecular formula is C18H18N2O6. The van der Waals surface area contributed by atoms with Gasteiger partial charge in [0.1, 0.15) is 5.75 Å². The second-order valence-corrected chi connectivity index (χ2v) is 5.33. The summed E-state index contributed by atoms with van der Waals surface area (Å²) in [5.74, 6) is -0.380. The van der Waals surface area contributed by atoms with E-state index >= 15 is 0 Å². The van der Waals surface area contributed by atoms with Crippen molar-refractivity contribution in [2.24, 2.45) is 0 Å². The summed E-state index contributed by atoms with van der Waals surface area (Å²) in [5.41, 5.74) is 1.05. The third kappa shape index (κ3) is 5.59. The lowest BCUT2D eigenvalue weighted by molar-refractivity contribution is -0.384. The number of nitrogens with one attached hydrogen (secondary N) is 1. The molecule has 2 aromatic carbocycles. The maximum atomic E-state index is 11.8. The second-order valence-electron chi connectivity index (χ2n) is 5.33. The van der Waals surface area contributed by atoms with E-state index in [0.717, 1.165) is 11.3 Å². The first-order valence-electron chi connectivity index (χ1n) is 7.81. The standard InChI is InChI=1S/C18H18N2O6/c1-25-16-8-2-13(3-9-16)10-11-19-17(21)12-26-18(22)14-4-6-15(7-5-14)20(23)24/h2-9H,10-12H2,1H3,(H,19,21). The Balaban J connectivity index is 1.72. The van der Waals surface area contributed by atoms with Crippen LogP contribution in [0.1, 0.15) is 15.9 Å². The fourth-order valence-electron chi connectivity index (χ4n) is 2.12. The second kappa shape index (κ2) is 9.16. The van der Waals surface area contributed by atoms with Crippen LogP contribution in [-0.2, 0) is 16.0 Å². The first-order valence-corrected chi connectivity index (χ1v) is 7.81. The van der Waals surface area contributed by atoms with Gasteiger partial charge in [0.2, 0.25) is 0 Å². The molecular weight excluding hydrogens is 340 g/mol. The van der Waals surface area contributed by atoms with Crippen LogP contribution in [0.2, 0.25) is 0 Å². The summed E-state index contributed by atoms with van der Waals surface area (Å²) in [6.45, 7) is -0.0152. The van der Waals surface area contributed by atoms with Crippen molar-refractivity contribution in [3.63, 3.8) is 0 Å². The molecule has 8 nitrogen and oxygen atoms in total. The lowest BCUT2D eigenvalue weighted by atomic mass is 10.1. The predicted octanol–water partition coefficient (Wildman–Crippen LogP) is 2.12. The van der Waals surface area contributed by atoms with Crippen LogP contribution in [0.15, 0.2) is 48.5 Å². The van der Waals surface area contributed by atoms with E-state index in [-0.39, 0.29) is 11.3 Å². The van der Waals surface area contributed by atoms with E-state index in [1.54, 1.807) is 7.11 Å². The first-order chi connectivity index (χ1) is 12.5. The van der Waals surface area contributed by atoms with Crippen LogP contribution in [0.5, 0.6) is 5.75 Å². The van der Waals surface area contributed by atoms with Gasteiger partial charge < -0.3 is 14.8 Å². The van der Waals surface area contributed by atoms with E-state index in [2.05, 4.69) is 5.32 Å². The number of hydrogen-bond acceptors (Lipinski definition) is 6. The average Bonchev–Trinajstić information content (AvgIpc) is 2.66. The molecule has 0 unspecified atom stereocenters. The lowest BCUT2D eigenvalue weighted by Crippen LogP contribution is -2.30. The maximum absolute atomic E-state index is 11.8. The summed E-state index contributed by atoms with van der Waals surface area (Å²) in [6, 6.07) is 12.4. The van der Waals surface area contributed by atoms with Crippen molar-refractivity contribution in [3.05, 3.63) is 69.8 Å². The number of amides is 1. The molecule has 0 heterocycles. The first kappa shape index (κ1) is 18.9. The van der Waals surface area contributed by atoms with Crippen molar-refractivity contribution >= 4 is 17.6 Å². The zero-order chi connectivity index (χ0) is 18.9. The Labute approximate surface area is 149 Å². The molecule has 0 atom stereocenters. The van der Waals surface area contributed by atoms with Gasteiger partial charge in [0.25, 0.3) is 11.6 Å². The van der Waals surface area contributed by atoms with Crippen LogP contribution >= 0.6 is 0 Å². The summed E-state index contributed by atoms with van der Waals surface area (Å²) in [4.78, 5) is 33.5. The minimum Gasteiger partial charge on any atom is -0.497 e. The van der Waals surface area contributed by atoms with Gasteiger partial charge in [0.15, 0.2) is 6.61 Å². The number of benzene rings is 2. The van der Waals surface area contributed by atoms with E-state index in [1.165, 1.54) is 24.3 Å². The molecule has 136 valence electrons. The van der Waals surface area contributed by atoms with Crippen LogP contribution in [0.3, 0.4) is 0 Å². The quantitative estimate of drug-likeness (QED) is 0.440. The number of carbonyl (C=O) groups is 2. The van der Waals surface area contributed by atoms with Gasteiger partial charge in [-0.3, -0.25) is 14.9 Å². The van der Waals surface area contributed by atoms with Gasteiger partial charge in [-0.1, -0.05) is 12.1 Å². The fraction of sp³-hybridized carbons (Fsp3) is 0.222. The van der Waals surface area contributed by atoms with Crippen molar-refractivity contribution in [1.29, 1.82) is 0 Å². The normalized spacial score (nSPS) is 10.0. The van der Waals surface area contributed by atoms with E-state index < -0.39 is 23.4 Å². The molecule has 0 spiro atoms. The largest absolute Gasteiger partial charge is 0.497 e. The number of carbonyl (C=O) groups excluding carboxylic acids is 2. The SMILES string of the molecule is COc1ccc(CCNC(=O)COC(=O)c2ccc([N+](=O)[O-])cc2)cc1. The van der Waals surface area contributed by atoms with Gasteiger partial charge in [-0.05, 0) is 36.2 Å². The summed E-state index contributed by atoms with van der Waals surface area (Å²) < 4.78 is 9.96. The van der Waals surface area contributed by atoms with Gasteiger partial charge in [-0.2, -0.15) is 0 Å². The van der Waals surface area contributed by atoms with Crippen LogP contribution in [-0.4, -0.2) is 37.1 Å². The van der Waals surface area contributed by atoms with Crippen molar-refractivity contribution < 1.29 is 24.0 Å². The number of methoxy groups -OCH3 is 1. The zero-order valence-electron chi connectivity index (χ0n) is 14.1. The molecule has 0 radical (unpaired) electrons. The Morgan fingerprint density at radius 3 is 2.31 bits per heavy atom. The molecule has 0 aliphatic rings. The van der Waals surface area contributed by atoms with Crippen LogP contribution in [0.4, 0.5) is 5.69 Å². The van der Waals surface area contributed by atoms with Gasteiger partial charge in [0, 0.05) is 18.7 Å². The molecule has 2 rings (SSSR count). The number of hydrogen-bond donors (Lipinski definition) is 1. The zero-order valence-corrected chi connectivity index (χ0v) is 14.1. The Hall–Kier alpha value is -3.42. The van der Waals surface area contributed by atoms with E-state index in [9.17, 15) is 19.7 Å². The molecule has 26 heavy (non-hydrogen) atoms. The molecule has 0 aliphatic heterocycles. The molecule has 0 bridgehead atoms. The Kier molecular flexibility index (Phi) is 6.67. The smallest absolute Gasteiger partial charge is 0.338 e. The molecule has 0 aromatic heterocycles. The number of nitrogens with zero attached hydrogens (tertiary/aromatic N) is 1. The number of nitro groups is 1. The molecule has 8 heteroatoms. The van der Waals surface area contributed by atoms with Crippen molar-refractivity contribution in [1.82, 2.24) is 5.32 Å². The highest BCUT2D eigenvalue weighted by molar-refractivity contribution is 5.91. The topological polar surface area (TPSA) is 108 Å². The van der Waals surface area contributed by atoms with Crippen LogP contribution in [0, 0.1) is 10.1 Å². The monoisotopic (exact) mass is 358 g/mol. The summed E-state index contributed by atoms with van der Waals surface area (Å²) in [6.07, 6.45) is 0.631. The molecule has 2 aromatic rings.